The van der Waals surface area contributed by atoms with E-state index < -0.39 is 6.04 Å². The number of carbonyl (C=O) groups is 1. The van der Waals surface area contributed by atoms with Crippen molar-refractivity contribution in [3.63, 3.8) is 0 Å². The summed E-state index contributed by atoms with van der Waals surface area (Å²) in [7, 11) is 1.77. The Bertz CT molecular complexity index is 333. The fourth-order valence-corrected chi connectivity index (χ4v) is 2.08. The fraction of sp³-hybridized carbons (Fsp3) is 0.636. The Balaban J connectivity index is 0. The fourth-order valence-electron chi connectivity index (χ4n) is 1.53. The van der Waals surface area contributed by atoms with Gasteiger partial charge in [0.05, 0.1) is 23.8 Å². The number of carbonyl (C=O) groups excluding carboxylic acids is 1. The van der Waals surface area contributed by atoms with E-state index in [0.717, 1.165) is 12.1 Å². The molecule has 0 aliphatic rings. The molecular formula is C11H21Cl2N3OS. The average Bonchev–Trinajstić information content (AvgIpc) is 2.68. The number of amides is 1. The van der Waals surface area contributed by atoms with E-state index in [9.17, 15) is 4.79 Å². The standard InChI is InChI=1S/C11H19N3OS.2ClH/c1-8(2)4-10(12)11(15)14(3)5-9-6-16-7-13-9;;/h6-8,10H,4-5,12H2,1-3H3;2*1H/t10-;;/m0../s1. The quantitative estimate of drug-likeness (QED) is 0.907. The maximum Gasteiger partial charge on any atom is 0.239 e. The lowest BCUT2D eigenvalue weighted by Crippen LogP contribution is -2.42. The number of nitrogens with two attached hydrogens (primary N) is 1. The van der Waals surface area contributed by atoms with Crippen molar-refractivity contribution >= 4 is 42.1 Å². The molecule has 1 aromatic rings. The van der Waals surface area contributed by atoms with E-state index in [1.54, 1.807) is 17.5 Å². The van der Waals surface area contributed by atoms with Gasteiger partial charge in [0.2, 0.25) is 5.91 Å². The minimum Gasteiger partial charge on any atom is -0.338 e. The monoisotopic (exact) mass is 313 g/mol. The van der Waals surface area contributed by atoms with Crippen LogP contribution in [0.1, 0.15) is 26.0 Å². The Morgan fingerprint density at radius 2 is 2.11 bits per heavy atom. The van der Waals surface area contributed by atoms with Crippen molar-refractivity contribution in [3.05, 3.63) is 16.6 Å². The molecular weight excluding hydrogens is 293 g/mol. The highest BCUT2D eigenvalue weighted by atomic mass is 35.5. The van der Waals surface area contributed by atoms with Crippen LogP contribution in [0.5, 0.6) is 0 Å². The van der Waals surface area contributed by atoms with E-state index in [-0.39, 0.29) is 30.7 Å². The van der Waals surface area contributed by atoms with Gasteiger partial charge in [-0.05, 0) is 12.3 Å². The van der Waals surface area contributed by atoms with Crippen molar-refractivity contribution in [2.24, 2.45) is 11.7 Å². The minimum atomic E-state index is -0.399. The number of nitrogens with zero attached hydrogens (tertiary/aromatic N) is 2. The molecule has 1 atom stereocenters. The number of aromatic nitrogens is 1. The van der Waals surface area contributed by atoms with Crippen LogP contribution in [0.2, 0.25) is 0 Å². The average molecular weight is 314 g/mol. The summed E-state index contributed by atoms with van der Waals surface area (Å²) in [6.07, 6.45) is 0.722. The van der Waals surface area contributed by atoms with E-state index in [4.69, 9.17) is 5.73 Å². The maximum atomic E-state index is 11.9. The Morgan fingerprint density at radius 3 is 2.56 bits per heavy atom. The van der Waals surface area contributed by atoms with Crippen LogP contribution in [-0.2, 0) is 11.3 Å². The van der Waals surface area contributed by atoms with Gasteiger partial charge in [-0.2, -0.15) is 0 Å². The normalized spacial score (nSPS) is 11.4. The molecule has 1 heterocycles. The van der Waals surface area contributed by atoms with Gasteiger partial charge in [-0.15, -0.1) is 36.2 Å². The molecule has 0 saturated carbocycles. The summed E-state index contributed by atoms with van der Waals surface area (Å²) in [4.78, 5) is 17.7. The third kappa shape index (κ3) is 6.54. The van der Waals surface area contributed by atoms with Crippen LogP contribution in [-0.4, -0.2) is 28.9 Å². The Hall–Kier alpha value is -0.360. The van der Waals surface area contributed by atoms with E-state index >= 15 is 0 Å². The van der Waals surface area contributed by atoms with Crippen LogP contribution < -0.4 is 5.73 Å². The van der Waals surface area contributed by atoms with Gasteiger partial charge >= 0.3 is 0 Å². The zero-order valence-electron chi connectivity index (χ0n) is 10.8. The third-order valence-corrected chi connectivity index (χ3v) is 2.94. The van der Waals surface area contributed by atoms with Crippen LogP contribution in [0, 0.1) is 5.92 Å². The zero-order chi connectivity index (χ0) is 12.1. The molecule has 0 unspecified atom stereocenters. The first kappa shape index (κ1) is 20.0. The molecule has 106 valence electrons. The summed E-state index contributed by atoms with van der Waals surface area (Å²) in [5.41, 5.74) is 8.52. The molecule has 18 heavy (non-hydrogen) atoms. The number of halogens is 2. The maximum absolute atomic E-state index is 11.9. The van der Waals surface area contributed by atoms with Gasteiger partial charge in [0, 0.05) is 12.4 Å². The molecule has 0 fully saturated rings. The Labute approximate surface area is 125 Å². The van der Waals surface area contributed by atoms with Crippen molar-refractivity contribution in [2.75, 3.05) is 7.05 Å². The predicted molar refractivity (Wildman–Crippen MR) is 80.5 cm³/mol. The molecule has 0 bridgehead atoms. The molecule has 7 heteroatoms. The molecule has 1 amide bonds. The van der Waals surface area contributed by atoms with Crippen molar-refractivity contribution in [1.29, 1.82) is 0 Å². The highest BCUT2D eigenvalue weighted by Crippen LogP contribution is 2.08. The molecule has 0 saturated heterocycles. The second-order valence-corrected chi connectivity index (χ2v) is 5.13. The number of likely N-dealkylation sites (N-methyl/N-ethyl adjacent to an activating group) is 1. The summed E-state index contributed by atoms with van der Waals surface area (Å²) in [6.45, 7) is 4.66. The number of rotatable bonds is 5. The summed E-state index contributed by atoms with van der Waals surface area (Å²) in [5, 5.41) is 1.94. The first-order valence-electron chi connectivity index (χ1n) is 5.38. The predicted octanol–water partition coefficient (Wildman–Crippen LogP) is 2.32. The smallest absolute Gasteiger partial charge is 0.239 e. The lowest BCUT2D eigenvalue weighted by molar-refractivity contribution is -0.132. The zero-order valence-corrected chi connectivity index (χ0v) is 13.3. The number of thiazole rings is 1. The van der Waals surface area contributed by atoms with Crippen molar-refractivity contribution < 1.29 is 4.79 Å². The molecule has 0 aliphatic carbocycles. The third-order valence-electron chi connectivity index (χ3n) is 2.30. The van der Waals surface area contributed by atoms with Crippen molar-refractivity contribution in [1.82, 2.24) is 9.88 Å². The lowest BCUT2D eigenvalue weighted by atomic mass is 10.0. The summed E-state index contributed by atoms with van der Waals surface area (Å²) in [5.74, 6) is 0.424. The second-order valence-electron chi connectivity index (χ2n) is 4.41. The lowest BCUT2D eigenvalue weighted by Gasteiger charge is -2.21. The van der Waals surface area contributed by atoms with Gasteiger partial charge in [0.25, 0.3) is 0 Å². The Kier molecular flexibility index (Phi) is 10.6. The minimum absolute atomic E-state index is 0. The van der Waals surface area contributed by atoms with Gasteiger partial charge in [-0.25, -0.2) is 4.98 Å². The first-order valence-corrected chi connectivity index (χ1v) is 6.32. The number of hydrogen-bond donors (Lipinski definition) is 1. The first-order chi connectivity index (χ1) is 7.50. The summed E-state index contributed by atoms with van der Waals surface area (Å²) >= 11 is 1.53. The van der Waals surface area contributed by atoms with Gasteiger partial charge in [-0.1, -0.05) is 13.8 Å². The Morgan fingerprint density at radius 1 is 1.50 bits per heavy atom. The van der Waals surface area contributed by atoms with E-state index in [2.05, 4.69) is 18.8 Å². The molecule has 1 rings (SSSR count). The van der Waals surface area contributed by atoms with Crippen LogP contribution in [0.15, 0.2) is 10.9 Å². The van der Waals surface area contributed by atoms with E-state index in [1.165, 1.54) is 11.3 Å². The molecule has 0 aromatic carbocycles. The molecule has 1 aromatic heterocycles. The van der Waals surface area contributed by atoms with Crippen molar-refractivity contribution in [3.8, 4) is 0 Å². The highest BCUT2D eigenvalue weighted by Gasteiger charge is 2.19. The van der Waals surface area contributed by atoms with Gasteiger partial charge in [-0.3, -0.25) is 4.79 Å². The molecule has 4 nitrogen and oxygen atoms in total. The molecule has 0 spiro atoms. The largest absolute Gasteiger partial charge is 0.338 e. The van der Waals surface area contributed by atoms with Gasteiger partial charge < -0.3 is 10.6 Å². The van der Waals surface area contributed by atoms with Crippen molar-refractivity contribution in [2.45, 2.75) is 32.9 Å². The van der Waals surface area contributed by atoms with Crippen LogP contribution >= 0.6 is 36.2 Å². The SMILES string of the molecule is CC(C)C[C@H](N)C(=O)N(C)Cc1cscn1.Cl.Cl. The van der Waals surface area contributed by atoms with Gasteiger partial charge in [0.15, 0.2) is 0 Å². The van der Waals surface area contributed by atoms with Crippen LogP contribution in [0.25, 0.3) is 0 Å². The summed E-state index contributed by atoms with van der Waals surface area (Å²) < 4.78 is 0. The summed E-state index contributed by atoms with van der Waals surface area (Å²) in [6, 6.07) is -0.399. The number of hydrogen-bond acceptors (Lipinski definition) is 4. The van der Waals surface area contributed by atoms with Gasteiger partial charge in [0.1, 0.15) is 0 Å². The second kappa shape index (κ2) is 9.55. The molecule has 0 radical (unpaired) electrons. The highest BCUT2D eigenvalue weighted by molar-refractivity contribution is 7.07. The topological polar surface area (TPSA) is 59.2 Å². The van der Waals surface area contributed by atoms with Crippen LogP contribution in [0.4, 0.5) is 0 Å². The molecule has 0 aliphatic heterocycles. The van der Waals surface area contributed by atoms with Crippen LogP contribution in [0.3, 0.4) is 0 Å². The molecule has 2 N–H and O–H groups in total. The van der Waals surface area contributed by atoms with E-state index in [1.807, 2.05) is 5.38 Å². The van der Waals surface area contributed by atoms with E-state index in [0.29, 0.717) is 12.5 Å².